The topological polar surface area (TPSA) is 6.48 Å². The summed E-state index contributed by atoms with van der Waals surface area (Å²) < 4.78 is 0. The van der Waals surface area contributed by atoms with Gasteiger partial charge in [-0.1, -0.05) is 18.2 Å². The molecule has 1 aliphatic rings. The number of para-hydroxylation sites is 1. The van der Waals surface area contributed by atoms with Gasteiger partial charge in [-0.25, -0.2) is 0 Å². The minimum atomic E-state index is 0.973. The molecule has 0 bridgehead atoms. The molecule has 0 aromatic heterocycles. The van der Waals surface area contributed by atoms with Crippen LogP contribution in [0, 0.1) is 0 Å². The Labute approximate surface area is 79.1 Å². The van der Waals surface area contributed by atoms with Gasteiger partial charge in [0.05, 0.1) is 6.67 Å². The Bertz CT molecular complexity index is 292. The summed E-state index contributed by atoms with van der Waals surface area (Å²) in [6, 6.07) is 10.4. The summed E-state index contributed by atoms with van der Waals surface area (Å²) in [5.41, 5.74) is 1.26. The molecule has 13 heavy (non-hydrogen) atoms. The van der Waals surface area contributed by atoms with Gasteiger partial charge in [0.15, 0.2) is 0 Å². The Kier molecular flexibility index (Phi) is 2.21. The van der Waals surface area contributed by atoms with Crippen LogP contribution in [0.25, 0.3) is 0 Å². The number of benzene rings is 1. The van der Waals surface area contributed by atoms with E-state index in [0.29, 0.717) is 0 Å². The fraction of sp³-hybridized carbons (Fsp3) is 0.273. The Morgan fingerprint density at radius 3 is 2.54 bits per heavy atom. The first-order valence-corrected chi connectivity index (χ1v) is 4.64. The quantitative estimate of drug-likeness (QED) is 0.678. The maximum absolute atomic E-state index is 2.27. The Balaban J connectivity index is 2.09. The van der Waals surface area contributed by atoms with Gasteiger partial charge in [0, 0.05) is 24.6 Å². The van der Waals surface area contributed by atoms with Crippen LogP contribution in [0.4, 0.5) is 5.69 Å². The third-order valence-electron chi connectivity index (χ3n) is 2.29. The molecule has 0 N–H and O–H groups in total. The second-order valence-electron chi connectivity index (χ2n) is 3.15. The smallest absolute Gasteiger partial charge is 0.0941 e. The molecule has 1 aromatic rings. The standard InChI is InChI=1S/C11H14N2/c1-2-12-8-9-13(10-12)11-6-4-3-5-7-11/h3-9H,2,10H2,1H3. The summed E-state index contributed by atoms with van der Waals surface area (Å²) in [5, 5.41) is 0. The van der Waals surface area contributed by atoms with E-state index in [9.17, 15) is 0 Å². The van der Waals surface area contributed by atoms with E-state index >= 15 is 0 Å². The van der Waals surface area contributed by atoms with Gasteiger partial charge in [-0.2, -0.15) is 0 Å². The fourth-order valence-corrected chi connectivity index (χ4v) is 1.46. The van der Waals surface area contributed by atoms with Gasteiger partial charge in [-0.3, -0.25) is 0 Å². The van der Waals surface area contributed by atoms with Gasteiger partial charge in [-0.15, -0.1) is 0 Å². The van der Waals surface area contributed by atoms with Crippen molar-refractivity contribution in [1.29, 1.82) is 0 Å². The number of anilines is 1. The lowest BCUT2D eigenvalue weighted by molar-refractivity contribution is 0.429. The zero-order valence-corrected chi connectivity index (χ0v) is 7.85. The van der Waals surface area contributed by atoms with Crippen LogP contribution < -0.4 is 4.90 Å². The molecule has 1 heterocycles. The molecule has 0 saturated heterocycles. The van der Waals surface area contributed by atoms with Gasteiger partial charge in [0.25, 0.3) is 0 Å². The maximum atomic E-state index is 2.27. The van der Waals surface area contributed by atoms with E-state index in [1.54, 1.807) is 0 Å². The van der Waals surface area contributed by atoms with Crippen LogP contribution in [-0.2, 0) is 0 Å². The lowest BCUT2D eigenvalue weighted by Crippen LogP contribution is -2.24. The second kappa shape index (κ2) is 3.52. The van der Waals surface area contributed by atoms with E-state index < -0.39 is 0 Å². The molecular weight excluding hydrogens is 160 g/mol. The summed E-state index contributed by atoms with van der Waals surface area (Å²) in [4.78, 5) is 4.51. The van der Waals surface area contributed by atoms with E-state index in [-0.39, 0.29) is 0 Å². The van der Waals surface area contributed by atoms with Crippen molar-refractivity contribution < 1.29 is 0 Å². The van der Waals surface area contributed by atoms with Gasteiger partial charge >= 0.3 is 0 Å². The average Bonchev–Trinajstić information content (AvgIpc) is 2.67. The minimum absolute atomic E-state index is 0.973. The van der Waals surface area contributed by atoms with Gasteiger partial charge in [-0.05, 0) is 19.1 Å². The molecule has 0 radical (unpaired) electrons. The first-order valence-electron chi connectivity index (χ1n) is 4.64. The maximum Gasteiger partial charge on any atom is 0.0941 e. The largest absolute Gasteiger partial charge is 0.359 e. The molecule has 0 fully saturated rings. The van der Waals surface area contributed by atoms with Crippen LogP contribution in [0.5, 0.6) is 0 Å². The highest BCUT2D eigenvalue weighted by molar-refractivity contribution is 5.49. The monoisotopic (exact) mass is 174 g/mol. The molecule has 2 nitrogen and oxygen atoms in total. The van der Waals surface area contributed by atoms with E-state index in [4.69, 9.17) is 0 Å². The van der Waals surface area contributed by atoms with Gasteiger partial charge < -0.3 is 9.80 Å². The molecule has 0 spiro atoms. The number of nitrogens with zero attached hydrogens (tertiary/aromatic N) is 2. The summed E-state index contributed by atoms with van der Waals surface area (Å²) in [6.45, 7) is 4.21. The van der Waals surface area contributed by atoms with Crippen molar-refractivity contribution in [3.05, 3.63) is 42.7 Å². The average molecular weight is 174 g/mol. The van der Waals surface area contributed by atoms with Crippen molar-refractivity contribution in [3.63, 3.8) is 0 Å². The molecular formula is C11H14N2. The number of hydrogen-bond acceptors (Lipinski definition) is 2. The highest BCUT2D eigenvalue weighted by Gasteiger charge is 2.10. The molecule has 2 heteroatoms. The SMILES string of the molecule is CCN1C=CN(c2ccccc2)C1. The molecule has 0 atom stereocenters. The number of rotatable bonds is 2. The predicted molar refractivity (Wildman–Crippen MR) is 55.3 cm³/mol. The van der Waals surface area contributed by atoms with Crippen molar-refractivity contribution in [3.8, 4) is 0 Å². The Morgan fingerprint density at radius 2 is 1.92 bits per heavy atom. The molecule has 2 rings (SSSR count). The lowest BCUT2D eigenvalue weighted by atomic mass is 10.3. The van der Waals surface area contributed by atoms with Gasteiger partial charge in [0.1, 0.15) is 0 Å². The normalized spacial score (nSPS) is 15.5. The molecule has 0 aliphatic carbocycles. The minimum Gasteiger partial charge on any atom is -0.359 e. The third-order valence-corrected chi connectivity index (χ3v) is 2.29. The summed E-state index contributed by atoms with van der Waals surface area (Å²) in [6.07, 6.45) is 4.26. The van der Waals surface area contributed by atoms with Crippen molar-refractivity contribution >= 4 is 5.69 Å². The highest BCUT2D eigenvalue weighted by Crippen LogP contribution is 2.17. The highest BCUT2D eigenvalue weighted by atomic mass is 15.3. The molecule has 1 aromatic carbocycles. The van der Waals surface area contributed by atoms with E-state index in [0.717, 1.165) is 13.2 Å². The van der Waals surface area contributed by atoms with Crippen LogP contribution in [0.15, 0.2) is 42.7 Å². The zero-order valence-electron chi connectivity index (χ0n) is 7.85. The van der Waals surface area contributed by atoms with Crippen molar-refractivity contribution in [2.45, 2.75) is 6.92 Å². The van der Waals surface area contributed by atoms with Gasteiger partial charge in [0.2, 0.25) is 0 Å². The Morgan fingerprint density at radius 1 is 1.15 bits per heavy atom. The van der Waals surface area contributed by atoms with Crippen LogP contribution >= 0.6 is 0 Å². The first kappa shape index (κ1) is 8.17. The lowest BCUT2D eigenvalue weighted by Gasteiger charge is -2.19. The number of hydrogen-bond donors (Lipinski definition) is 0. The summed E-state index contributed by atoms with van der Waals surface area (Å²) >= 11 is 0. The zero-order chi connectivity index (χ0) is 9.10. The van der Waals surface area contributed by atoms with Crippen LogP contribution in [0.1, 0.15) is 6.92 Å². The van der Waals surface area contributed by atoms with Crippen molar-refractivity contribution in [1.82, 2.24) is 4.90 Å². The first-order chi connectivity index (χ1) is 6.40. The van der Waals surface area contributed by atoms with E-state index in [1.165, 1.54) is 5.69 Å². The molecule has 0 unspecified atom stereocenters. The molecule has 0 amide bonds. The van der Waals surface area contributed by atoms with E-state index in [2.05, 4.69) is 53.4 Å². The molecule has 1 aliphatic heterocycles. The molecule has 68 valence electrons. The van der Waals surface area contributed by atoms with Crippen LogP contribution in [-0.4, -0.2) is 18.1 Å². The van der Waals surface area contributed by atoms with E-state index in [1.807, 2.05) is 6.07 Å². The Hall–Kier alpha value is -1.44. The van der Waals surface area contributed by atoms with Crippen LogP contribution in [0.2, 0.25) is 0 Å². The molecule has 0 saturated carbocycles. The third kappa shape index (κ3) is 1.66. The summed E-state index contributed by atoms with van der Waals surface area (Å²) in [5.74, 6) is 0. The second-order valence-corrected chi connectivity index (χ2v) is 3.15. The van der Waals surface area contributed by atoms with Crippen LogP contribution in [0.3, 0.4) is 0 Å². The van der Waals surface area contributed by atoms with Crippen molar-refractivity contribution in [2.24, 2.45) is 0 Å². The predicted octanol–water partition coefficient (Wildman–Crippen LogP) is 2.26. The van der Waals surface area contributed by atoms with Crippen molar-refractivity contribution in [2.75, 3.05) is 18.1 Å². The summed E-state index contributed by atoms with van der Waals surface area (Å²) in [7, 11) is 0. The fourth-order valence-electron chi connectivity index (χ4n) is 1.46.